The van der Waals surface area contributed by atoms with E-state index in [1.165, 1.54) is 0 Å². The molecule has 0 aliphatic carbocycles. The number of hydrogen-bond donors (Lipinski definition) is 2. The Balaban J connectivity index is 0.939. The first-order valence-corrected chi connectivity index (χ1v) is 21.3. The molecule has 5 atom stereocenters. The first-order valence-electron chi connectivity index (χ1n) is 18.3. The number of epoxide rings is 1. The molecule has 4 aromatic carbocycles. The second-order valence-corrected chi connectivity index (χ2v) is 20.9. The zero-order valence-corrected chi connectivity index (χ0v) is 31.7. The molecular weight excluding hydrogens is 655 g/mol. The Morgan fingerprint density at radius 3 is 2.27 bits per heavy atom. The molecule has 3 saturated heterocycles. The molecule has 3 fully saturated rings. The second kappa shape index (κ2) is 14.2. The maximum absolute atomic E-state index is 13.2. The van der Waals surface area contributed by atoms with Gasteiger partial charge in [0, 0.05) is 42.6 Å². The van der Waals surface area contributed by atoms with Gasteiger partial charge in [-0.2, -0.15) is 0 Å². The van der Waals surface area contributed by atoms with Gasteiger partial charge in [0.1, 0.15) is 18.3 Å². The van der Waals surface area contributed by atoms with Crippen LogP contribution in [0.4, 0.5) is 16.2 Å². The van der Waals surface area contributed by atoms with Crippen LogP contribution in [0.2, 0.25) is 18.1 Å². The summed E-state index contributed by atoms with van der Waals surface area (Å²) in [4.78, 5) is 28.6. The van der Waals surface area contributed by atoms with Gasteiger partial charge in [-0.25, -0.2) is 4.79 Å². The van der Waals surface area contributed by atoms with Crippen molar-refractivity contribution in [2.75, 3.05) is 17.7 Å². The van der Waals surface area contributed by atoms with Crippen LogP contribution in [0.5, 0.6) is 0 Å². The van der Waals surface area contributed by atoms with Gasteiger partial charge in [-0.3, -0.25) is 15.0 Å². The largest absolute Gasteiger partial charge is 0.446 e. The predicted molar refractivity (Wildman–Crippen MR) is 207 cm³/mol. The first-order chi connectivity index (χ1) is 24.3. The number of ether oxygens (including phenoxy) is 2. The van der Waals surface area contributed by atoms with E-state index >= 15 is 0 Å². The van der Waals surface area contributed by atoms with Gasteiger partial charge in [0.25, 0.3) is 0 Å². The Morgan fingerprint density at radius 2 is 1.55 bits per heavy atom. The van der Waals surface area contributed by atoms with Crippen molar-refractivity contribution in [1.29, 1.82) is 0 Å². The standard InChI is InChI=1S/C42H51N3O5Si/c1-42(2,3)51(5,6)48-26-28-15-17-31-23-32(19-18-30(31)21-28)43-38(46)14-10-11-27-16-20-34(29-12-8-7-9-13-29)35(22-27)44-41(47)49-33-24-36-39-40(50-39)37(25-33)45(36)4/h7-9,12-13,15-23,33,36-37,39-40H,10-11,14,24-26H2,1-6H3,(H,43,46)(H,44,47)/t33-,36-,37+,39-,40+. The number of nitrogens with one attached hydrogen (secondary N) is 2. The van der Waals surface area contributed by atoms with E-state index in [0.717, 1.165) is 51.6 Å². The molecule has 3 heterocycles. The van der Waals surface area contributed by atoms with E-state index in [1.54, 1.807) is 0 Å². The number of rotatable bonds is 11. The molecular formula is C42H51N3O5Si. The number of carbonyl (C=O) groups is 2. The van der Waals surface area contributed by atoms with E-state index in [9.17, 15) is 9.59 Å². The Bertz CT molecular complexity index is 1890. The summed E-state index contributed by atoms with van der Waals surface area (Å²) >= 11 is 0. The quantitative estimate of drug-likeness (QED) is 0.120. The molecule has 2 bridgehead atoms. The lowest BCUT2D eigenvalue weighted by molar-refractivity contribution is -0.116. The Kier molecular flexibility index (Phi) is 9.84. The Morgan fingerprint density at radius 1 is 0.863 bits per heavy atom. The molecule has 0 spiro atoms. The summed E-state index contributed by atoms with van der Waals surface area (Å²) in [5.41, 5.74) is 5.65. The number of amides is 2. The highest BCUT2D eigenvalue weighted by atomic mass is 28.4. The fraction of sp³-hybridized carbons (Fsp3) is 0.429. The minimum atomic E-state index is -1.83. The van der Waals surface area contributed by atoms with Crippen molar-refractivity contribution in [2.24, 2.45) is 0 Å². The van der Waals surface area contributed by atoms with Crippen LogP contribution in [-0.2, 0) is 31.7 Å². The molecule has 2 amide bonds. The average molecular weight is 706 g/mol. The van der Waals surface area contributed by atoms with Crippen LogP contribution in [0.1, 0.15) is 57.6 Å². The number of carbonyl (C=O) groups excluding carboxylic acids is 2. The number of anilines is 2. The molecule has 0 radical (unpaired) electrons. The summed E-state index contributed by atoms with van der Waals surface area (Å²) in [7, 11) is 0.319. The van der Waals surface area contributed by atoms with Crippen LogP contribution in [0.25, 0.3) is 21.9 Å². The van der Waals surface area contributed by atoms with E-state index < -0.39 is 14.4 Å². The van der Waals surface area contributed by atoms with Crippen molar-refractivity contribution in [3.63, 3.8) is 0 Å². The molecule has 51 heavy (non-hydrogen) atoms. The van der Waals surface area contributed by atoms with Gasteiger partial charge in [0.2, 0.25) is 5.91 Å². The summed E-state index contributed by atoms with van der Waals surface area (Å²) in [6.45, 7) is 11.9. The van der Waals surface area contributed by atoms with Gasteiger partial charge < -0.3 is 19.2 Å². The third-order valence-corrected chi connectivity index (χ3v) is 16.0. The van der Waals surface area contributed by atoms with Crippen molar-refractivity contribution >= 4 is 42.5 Å². The number of piperidine rings is 1. The van der Waals surface area contributed by atoms with Crippen molar-refractivity contribution in [3.8, 4) is 11.1 Å². The van der Waals surface area contributed by atoms with Gasteiger partial charge in [-0.05, 0) is 89.7 Å². The maximum atomic E-state index is 13.2. The minimum Gasteiger partial charge on any atom is -0.446 e. The molecule has 3 aliphatic heterocycles. The lowest BCUT2D eigenvalue weighted by Gasteiger charge is -2.37. The third kappa shape index (κ3) is 7.92. The zero-order valence-electron chi connectivity index (χ0n) is 30.7. The monoisotopic (exact) mass is 705 g/mol. The van der Waals surface area contributed by atoms with Gasteiger partial charge in [-0.15, -0.1) is 0 Å². The summed E-state index contributed by atoms with van der Waals surface area (Å²) in [5, 5.41) is 8.51. The van der Waals surface area contributed by atoms with Crippen molar-refractivity contribution in [3.05, 3.63) is 96.1 Å². The maximum Gasteiger partial charge on any atom is 0.411 e. The molecule has 8 nitrogen and oxygen atoms in total. The summed E-state index contributed by atoms with van der Waals surface area (Å²) in [6.07, 6.45) is 3.38. The topological polar surface area (TPSA) is 92.4 Å². The summed E-state index contributed by atoms with van der Waals surface area (Å²) < 4.78 is 18.2. The van der Waals surface area contributed by atoms with Crippen LogP contribution in [0, 0.1) is 0 Å². The molecule has 9 heteroatoms. The molecule has 4 aromatic rings. The van der Waals surface area contributed by atoms with Gasteiger partial charge >= 0.3 is 6.09 Å². The van der Waals surface area contributed by atoms with E-state index in [0.29, 0.717) is 55.8 Å². The lowest BCUT2D eigenvalue weighted by Crippen LogP contribution is -2.48. The first kappa shape index (κ1) is 35.4. The third-order valence-electron chi connectivity index (χ3n) is 11.5. The van der Waals surface area contributed by atoms with Crippen LogP contribution in [-0.4, -0.2) is 62.7 Å². The molecule has 0 saturated carbocycles. The number of likely N-dealkylation sites (N-methyl/N-ethyl adjacent to an activating group) is 1. The normalized spacial score (nSPS) is 22.7. The average Bonchev–Trinajstić information content (AvgIpc) is 3.86. The number of fused-ring (bicyclic) bond motifs is 6. The lowest BCUT2D eigenvalue weighted by atomic mass is 9.99. The second-order valence-electron chi connectivity index (χ2n) is 16.1. The fourth-order valence-corrected chi connectivity index (χ4v) is 8.39. The predicted octanol–water partition coefficient (Wildman–Crippen LogP) is 9.15. The van der Waals surface area contributed by atoms with E-state index in [4.69, 9.17) is 13.9 Å². The van der Waals surface area contributed by atoms with Crippen LogP contribution in [0.3, 0.4) is 0 Å². The minimum absolute atomic E-state index is 0.0216. The smallest absolute Gasteiger partial charge is 0.411 e. The van der Waals surface area contributed by atoms with Crippen LogP contribution < -0.4 is 10.6 Å². The molecule has 0 unspecified atom stereocenters. The van der Waals surface area contributed by atoms with Gasteiger partial charge in [-0.1, -0.05) is 81.4 Å². The van der Waals surface area contributed by atoms with Gasteiger partial charge in [0.15, 0.2) is 8.32 Å². The fourth-order valence-electron chi connectivity index (χ4n) is 7.43. The molecule has 0 aromatic heterocycles. The number of benzene rings is 4. The van der Waals surface area contributed by atoms with E-state index in [-0.39, 0.29) is 17.0 Å². The SMILES string of the molecule is CN1[C@@H]2C[C@@H](OC(=O)Nc3cc(CCCC(=O)Nc4ccc5cc(CO[Si](C)(C)C(C)(C)C)ccc5c4)ccc3-c3ccccc3)C[C@H]1[C@@H]1O[C@@H]12. The van der Waals surface area contributed by atoms with Crippen molar-refractivity contribution < 1.29 is 23.5 Å². The number of morpholine rings is 1. The van der Waals surface area contributed by atoms with Crippen LogP contribution in [0.15, 0.2) is 84.9 Å². The van der Waals surface area contributed by atoms with Crippen LogP contribution >= 0.6 is 0 Å². The summed E-state index contributed by atoms with van der Waals surface area (Å²) in [5.74, 6) is -0.0216. The van der Waals surface area contributed by atoms with E-state index in [1.807, 2.05) is 54.6 Å². The van der Waals surface area contributed by atoms with E-state index in [2.05, 4.69) is 86.8 Å². The highest BCUT2D eigenvalue weighted by Crippen LogP contribution is 2.48. The molecule has 2 N–H and O–H groups in total. The molecule has 3 aliphatic rings. The highest BCUT2D eigenvalue weighted by Gasteiger charge is 2.62. The Labute approximate surface area is 303 Å². The number of nitrogens with zero attached hydrogens (tertiary/aromatic N) is 1. The van der Waals surface area contributed by atoms with Crippen molar-refractivity contribution in [1.82, 2.24) is 4.90 Å². The van der Waals surface area contributed by atoms with Gasteiger partial charge in [0.05, 0.1) is 12.3 Å². The number of aryl methyl sites for hydroxylation is 1. The molecule has 7 rings (SSSR count). The zero-order chi connectivity index (χ0) is 35.9. The molecule has 268 valence electrons. The Hall–Kier alpha value is -4.02. The summed E-state index contributed by atoms with van der Waals surface area (Å²) in [6, 6.07) is 29.2. The number of hydrogen-bond acceptors (Lipinski definition) is 6. The highest BCUT2D eigenvalue weighted by molar-refractivity contribution is 6.74. The van der Waals surface area contributed by atoms with Crippen molar-refractivity contribution in [2.45, 2.75) is 108 Å².